The number of thiazole rings is 1. The highest BCUT2D eigenvalue weighted by atomic mass is 79.9. The predicted octanol–water partition coefficient (Wildman–Crippen LogP) is 3.35. The smallest absolute Gasteiger partial charge is 0.271 e. The Hall–Kier alpha value is -1.27. The number of rotatable bonds is 4. The SMILES string of the molecule is CC(C)c1sc(Br)nc1C(=O)NCc1ccccn1. The van der Waals surface area contributed by atoms with Crippen molar-refractivity contribution in [2.45, 2.75) is 26.3 Å². The highest BCUT2D eigenvalue weighted by Crippen LogP contribution is 2.29. The molecule has 0 aliphatic carbocycles. The number of amides is 1. The van der Waals surface area contributed by atoms with Crippen molar-refractivity contribution in [1.29, 1.82) is 0 Å². The summed E-state index contributed by atoms with van der Waals surface area (Å²) in [5.74, 6) is 0.121. The van der Waals surface area contributed by atoms with Gasteiger partial charge in [0, 0.05) is 11.1 Å². The van der Waals surface area contributed by atoms with Gasteiger partial charge in [-0.3, -0.25) is 9.78 Å². The number of pyridine rings is 1. The van der Waals surface area contributed by atoms with Crippen LogP contribution in [0.4, 0.5) is 0 Å². The van der Waals surface area contributed by atoms with Crippen molar-refractivity contribution >= 4 is 33.2 Å². The van der Waals surface area contributed by atoms with Gasteiger partial charge in [0.05, 0.1) is 12.2 Å². The second-order valence-electron chi connectivity index (χ2n) is 4.34. The van der Waals surface area contributed by atoms with Gasteiger partial charge in [0.15, 0.2) is 3.92 Å². The summed E-state index contributed by atoms with van der Waals surface area (Å²) in [4.78, 5) is 21.5. The van der Waals surface area contributed by atoms with Gasteiger partial charge < -0.3 is 5.32 Å². The fourth-order valence-corrected chi connectivity index (χ4v) is 3.11. The van der Waals surface area contributed by atoms with E-state index in [0.29, 0.717) is 12.2 Å². The number of nitrogens with zero attached hydrogens (tertiary/aromatic N) is 2. The Kier molecular flexibility index (Phi) is 4.66. The molecule has 0 radical (unpaired) electrons. The van der Waals surface area contributed by atoms with E-state index in [1.54, 1.807) is 6.20 Å². The Bertz CT molecular complexity index is 569. The third-order valence-corrected chi connectivity index (χ3v) is 4.33. The van der Waals surface area contributed by atoms with Crippen LogP contribution < -0.4 is 5.32 Å². The van der Waals surface area contributed by atoms with Crippen LogP contribution >= 0.6 is 27.3 Å². The van der Waals surface area contributed by atoms with E-state index >= 15 is 0 Å². The van der Waals surface area contributed by atoms with Gasteiger partial charge in [0.1, 0.15) is 5.69 Å². The monoisotopic (exact) mass is 339 g/mol. The van der Waals surface area contributed by atoms with Crippen LogP contribution in [0.1, 0.15) is 40.8 Å². The van der Waals surface area contributed by atoms with Gasteiger partial charge in [-0.25, -0.2) is 4.98 Å². The van der Waals surface area contributed by atoms with Gasteiger partial charge >= 0.3 is 0 Å². The lowest BCUT2D eigenvalue weighted by Crippen LogP contribution is -2.24. The molecule has 2 aromatic rings. The average molecular weight is 340 g/mol. The number of carbonyl (C=O) groups excluding carboxylic acids is 1. The zero-order valence-corrected chi connectivity index (χ0v) is 13.1. The lowest BCUT2D eigenvalue weighted by Gasteiger charge is -2.06. The van der Waals surface area contributed by atoms with E-state index in [1.807, 2.05) is 18.2 Å². The lowest BCUT2D eigenvalue weighted by molar-refractivity contribution is 0.0944. The Morgan fingerprint density at radius 3 is 2.89 bits per heavy atom. The Morgan fingerprint density at radius 2 is 2.26 bits per heavy atom. The summed E-state index contributed by atoms with van der Waals surface area (Å²) in [6.45, 7) is 4.51. The molecule has 2 aromatic heterocycles. The van der Waals surface area contributed by atoms with Crippen LogP contribution in [0.25, 0.3) is 0 Å². The molecule has 1 amide bonds. The molecule has 1 N–H and O–H groups in total. The summed E-state index contributed by atoms with van der Waals surface area (Å²) in [5.41, 5.74) is 1.33. The molecule has 19 heavy (non-hydrogen) atoms. The second kappa shape index (κ2) is 6.25. The second-order valence-corrected chi connectivity index (χ2v) is 6.64. The summed E-state index contributed by atoms with van der Waals surface area (Å²) in [6.07, 6.45) is 1.71. The average Bonchev–Trinajstić information content (AvgIpc) is 2.79. The standard InChI is InChI=1S/C13H14BrN3OS/c1-8(2)11-10(17-13(14)19-11)12(18)16-7-9-5-3-4-6-15-9/h3-6,8H,7H2,1-2H3,(H,16,18). The number of hydrogen-bond donors (Lipinski definition) is 1. The first-order valence-corrected chi connectivity index (χ1v) is 7.53. The first-order chi connectivity index (χ1) is 9.08. The van der Waals surface area contributed by atoms with Crippen LogP contribution in [0.2, 0.25) is 0 Å². The van der Waals surface area contributed by atoms with Crippen molar-refractivity contribution in [3.63, 3.8) is 0 Å². The molecule has 0 spiro atoms. The molecular weight excluding hydrogens is 326 g/mol. The largest absolute Gasteiger partial charge is 0.345 e. The van der Waals surface area contributed by atoms with Crippen molar-refractivity contribution in [2.24, 2.45) is 0 Å². The number of aromatic nitrogens is 2. The van der Waals surface area contributed by atoms with Crippen LogP contribution in [-0.4, -0.2) is 15.9 Å². The molecule has 0 aliphatic heterocycles. The molecule has 0 saturated heterocycles. The fraction of sp³-hybridized carbons (Fsp3) is 0.308. The topological polar surface area (TPSA) is 54.9 Å². The van der Waals surface area contributed by atoms with Crippen LogP contribution in [-0.2, 0) is 6.54 Å². The van der Waals surface area contributed by atoms with E-state index < -0.39 is 0 Å². The molecular formula is C13H14BrN3OS. The van der Waals surface area contributed by atoms with Gasteiger partial charge in [-0.1, -0.05) is 19.9 Å². The van der Waals surface area contributed by atoms with Crippen molar-refractivity contribution in [3.05, 3.63) is 44.6 Å². The molecule has 2 heterocycles. The Balaban J connectivity index is 2.08. The Morgan fingerprint density at radius 1 is 1.47 bits per heavy atom. The molecule has 0 aliphatic rings. The van der Waals surface area contributed by atoms with E-state index in [0.717, 1.165) is 14.5 Å². The van der Waals surface area contributed by atoms with Crippen molar-refractivity contribution in [2.75, 3.05) is 0 Å². The highest BCUT2D eigenvalue weighted by Gasteiger charge is 2.19. The molecule has 0 fully saturated rings. The number of nitrogens with one attached hydrogen (secondary N) is 1. The Labute approximate surface area is 124 Å². The first-order valence-electron chi connectivity index (χ1n) is 5.92. The predicted molar refractivity (Wildman–Crippen MR) is 79.3 cm³/mol. The van der Waals surface area contributed by atoms with Crippen LogP contribution in [0, 0.1) is 0 Å². The first kappa shape index (κ1) is 14.1. The maximum atomic E-state index is 12.1. The van der Waals surface area contributed by atoms with Gasteiger partial charge in [-0.15, -0.1) is 11.3 Å². The van der Waals surface area contributed by atoms with E-state index in [2.05, 4.69) is 45.1 Å². The van der Waals surface area contributed by atoms with E-state index in [1.165, 1.54) is 11.3 Å². The molecule has 0 aromatic carbocycles. The van der Waals surface area contributed by atoms with Gasteiger partial charge in [0.2, 0.25) is 0 Å². The summed E-state index contributed by atoms with van der Waals surface area (Å²) >= 11 is 4.83. The minimum atomic E-state index is -0.156. The van der Waals surface area contributed by atoms with Gasteiger partial charge in [0.25, 0.3) is 5.91 Å². The van der Waals surface area contributed by atoms with Gasteiger partial charge in [-0.2, -0.15) is 0 Å². The van der Waals surface area contributed by atoms with E-state index in [4.69, 9.17) is 0 Å². The van der Waals surface area contributed by atoms with Crippen LogP contribution in [0.3, 0.4) is 0 Å². The maximum Gasteiger partial charge on any atom is 0.271 e. The molecule has 6 heteroatoms. The number of halogens is 1. The highest BCUT2D eigenvalue weighted by molar-refractivity contribution is 9.11. The molecule has 2 rings (SSSR count). The quantitative estimate of drug-likeness (QED) is 0.929. The van der Waals surface area contributed by atoms with E-state index in [-0.39, 0.29) is 11.8 Å². The van der Waals surface area contributed by atoms with Crippen molar-refractivity contribution in [1.82, 2.24) is 15.3 Å². The number of hydrogen-bond acceptors (Lipinski definition) is 4. The molecule has 0 saturated carbocycles. The molecule has 0 unspecified atom stereocenters. The summed E-state index contributed by atoms with van der Waals surface area (Å²) in [6, 6.07) is 5.62. The lowest BCUT2D eigenvalue weighted by atomic mass is 10.1. The van der Waals surface area contributed by atoms with Crippen molar-refractivity contribution < 1.29 is 4.79 Å². The summed E-state index contributed by atoms with van der Waals surface area (Å²) in [5, 5.41) is 2.85. The number of carbonyl (C=O) groups is 1. The molecule has 0 bridgehead atoms. The fourth-order valence-electron chi connectivity index (χ4n) is 1.62. The maximum absolute atomic E-state index is 12.1. The molecule has 4 nitrogen and oxygen atoms in total. The minimum Gasteiger partial charge on any atom is -0.345 e. The van der Waals surface area contributed by atoms with Crippen molar-refractivity contribution in [3.8, 4) is 0 Å². The minimum absolute atomic E-state index is 0.156. The summed E-state index contributed by atoms with van der Waals surface area (Å²) in [7, 11) is 0. The molecule has 0 atom stereocenters. The zero-order valence-electron chi connectivity index (χ0n) is 10.7. The van der Waals surface area contributed by atoms with E-state index in [9.17, 15) is 4.79 Å². The third kappa shape index (κ3) is 3.61. The molecule has 100 valence electrons. The van der Waals surface area contributed by atoms with Crippen LogP contribution in [0.15, 0.2) is 28.3 Å². The van der Waals surface area contributed by atoms with Crippen LogP contribution in [0.5, 0.6) is 0 Å². The normalized spacial score (nSPS) is 10.7. The summed E-state index contributed by atoms with van der Waals surface area (Å²) < 4.78 is 0.735. The third-order valence-electron chi connectivity index (χ3n) is 2.52. The zero-order chi connectivity index (χ0) is 13.8. The van der Waals surface area contributed by atoms with Gasteiger partial charge in [-0.05, 0) is 34.0 Å².